The summed E-state index contributed by atoms with van der Waals surface area (Å²) in [7, 11) is 0. The summed E-state index contributed by atoms with van der Waals surface area (Å²) in [5.74, 6) is 0.639. The van der Waals surface area contributed by atoms with Gasteiger partial charge in [0.05, 0.1) is 12.1 Å². The molecule has 0 fully saturated rings. The maximum absolute atomic E-state index is 12.8. The minimum absolute atomic E-state index is 0.0870. The van der Waals surface area contributed by atoms with Crippen molar-refractivity contribution >= 4 is 17.6 Å². The molecule has 0 atom stereocenters. The summed E-state index contributed by atoms with van der Waals surface area (Å²) in [6, 6.07) is 8.78. The monoisotopic (exact) mass is 354 g/mol. The predicted molar refractivity (Wildman–Crippen MR) is 98.3 cm³/mol. The van der Waals surface area contributed by atoms with Crippen LogP contribution in [0, 0.1) is 6.92 Å². The summed E-state index contributed by atoms with van der Waals surface area (Å²) in [6.45, 7) is 5.60. The van der Waals surface area contributed by atoms with Crippen molar-refractivity contribution in [3.63, 3.8) is 0 Å². The van der Waals surface area contributed by atoms with E-state index in [-0.39, 0.29) is 11.9 Å². The Hall–Kier alpha value is -3.09. The highest BCUT2D eigenvalue weighted by Crippen LogP contribution is 2.27. The van der Waals surface area contributed by atoms with Crippen LogP contribution in [-0.4, -0.2) is 41.5 Å². The number of aromatic nitrogens is 1. The molecule has 3 amide bonds. The van der Waals surface area contributed by atoms with Crippen molar-refractivity contribution in [3.8, 4) is 5.75 Å². The molecule has 0 bridgehead atoms. The molecule has 136 valence electrons. The van der Waals surface area contributed by atoms with Crippen LogP contribution in [0.1, 0.15) is 28.5 Å². The third kappa shape index (κ3) is 4.11. The number of fused-ring (bicyclic) bond motifs is 1. The maximum Gasteiger partial charge on any atom is 0.319 e. The molecule has 7 heteroatoms. The molecule has 1 aliphatic heterocycles. The van der Waals surface area contributed by atoms with Crippen LogP contribution in [0.2, 0.25) is 0 Å². The van der Waals surface area contributed by atoms with Crippen molar-refractivity contribution < 1.29 is 14.3 Å². The van der Waals surface area contributed by atoms with Crippen molar-refractivity contribution in [3.05, 3.63) is 53.3 Å². The van der Waals surface area contributed by atoms with Gasteiger partial charge in [-0.25, -0.2) is 4.79 Å². The summed E-state index contributed by atoms with van der Waals surface area (Å²) in [5.41, 5.74) is 2.93. The van der Waals surface area contributed by atoms with Crippen molar-refractivity contribution in [2.24, 2.45) is 0 Å². The average molecular weight is 354 g/mol. The molecule has 0 saturated heterocycles. The van der Waals surface area contributed by atoms with Crippen molar-refractivity contribution in [1.82, 2.24) is 15.2 Å². The number of pyridine rings is 1. The lowest BCUT2D eigenvalue weighted by Gasteiger charge is -2.20. The number of rotatable bonds is 3. The van der Waals surface area contributed by atoms with Gasteiger partial charge < -0.3 is 20.3 Å². The first-order valence-electron chi connectivity index (χ1n) is 8.59. The van der Waals surface area contributed by atoms with Crippen LogP contribution in [0.25, 0.3) is 0 Å². The van der Waals surface area contributed by atoms with Gasteiger partial charge in [0, 0.05) is 36.2 Å². The zero-order valence-corrected chi connectivity index (χ0v) is 14.9. The summed E-state index contributed by atoms with van der Waals surface area (Å²) < 4.78 is 5.75. The highest BCUT2D eigenvalue weighted by molar-refractivity contribution is 5.94. The zero-order valence-electron chi connectivity index (χ0n) is 14.9. The number of hydrogen-bond donors (Lipinski definition) is 2. The Morgan fingerprint density at radius 3 is 2.85 bits per heavy atom. The molecule has 2 heterocycles. The summed E-state index contributed by atoms with van der Waals surface area (Å²) in [6.07, 6.45) is 1.59. The fraction of sp³-hybridized carbons (Fsp3) is 0.316. The lowest BCUT2D eigenvalue weighted by Crippen LogP contribution is -2.32. The van der Waals surface area contributed by atoms with E-state index in [9.17, 15) is 9.59 Å². The van der Waals surface area contributed by atoms with Crippen molar-refractivity contribution in [1.29, 1.82) is 0 Å². The SMILES string of the molecule is CCNC(=O)Nc1ccc2c(c1)CN(C(=O)c1ccc(C)nc1)CCO2. The number of carbonyl (C=O) groups is 2. The molecule has 0 saturated carbocycles. The highest BCUT2D eigenvalue weighted by atomic mass is 16.5. The van der Waals surface area contributed by atoms with Crippen LogP contribution < -0.4 is 15.4 Å². The predicted octanol–water partition coefficient (Wildman–Crippen LogP) is 2.57. The standard InChI is InChI=1S/C19H22N4O3/c1-3-20-19(25)22-16-6-7-17-15(10-16)12-23(8-9-26-17)18(24)14-5-4-13(2)21-11-14/h4-7,10-11H,3,8-9,12H2,1-2H3,(H2,20,22,25). The van der Waals surface area contributed by atoms with E-state index < -0.39 is 0 Å². The number of amides is 3. The summed E-state index contributed by atoms with van der Waals surface area (Å²) in [5, 5.41) is 5.46. The Balaban J connectivity index is 1.78. The van der Waals surface area contributed by atoms with E-state index in [1.807, 2.05) is 32.0 Å². The van der Waals surface area contributed by atoms with Gasteiger partial charge in [-0.05, 0) is 44.2 Å². The Labute approximate surface area is 152 Å². The Morgan fingerprint density at radius 2 is 2.12 bits per heavy atom. The topological polar surface area (TPSA) is 83.6 Å². The number of aryl methyl sites for hydroxylation is 1. The third-order valence-electron chi connectivity index (χ3n) is 4.08. The lowest BCUT2D eigenvalue weighted by molar-refractivity contribution is 0.0733. The quantitative estimate of drug-likeness (QED) is 0.887. The van der Waals surface area contributed by atoms with E-state index in [1.165, 1.54) is 0 Å². The molecule has 0 aliphatic carbocycles. The second-order valence-electron chi connectivity index (χ2n) is 6.07. The van der Waals surface area contributed by atoms with E-state index >= 15 is 0 Å². The van der Waals surface area contributed by atoms with Crippen molar-refractivity contribution in [2.75, 3.05) is 25.0 Å². The van der Waals surface area contributed by atoms with Gasteiger partial charge >= 0.3 is 6.03 Å². The minimum atomic E-state index is -0.263. The molecule has 2 aromatic rings. The summed E-state index contributed by atoms with van der Waals surface area (Å²) >= 11 is 0. The first-order chi connectivity index (χ1) is 12.6. The lowest BCUT2D eigenvalue weighted by atomic mass is 10.1. The molecule has 1 aromatic carbocycles. The van der Waals surface area contributed by atoms with Crippen LogP contribution in [-0.2, 0) is 6.54 Å². The normalized spacial score (nSPS) is 13.2. The number of nitrogens with one attached hydrogen (secondary N) is 2. The number of nitrogens with zero attached hydrogens (tertiary/aromatic N) is 2. The number of urea groups is 1. The van der Waals surface area contributed by atoms with Gasteiger partial charge in [0.15, 0.2) is 0 Å². The summed E-state index contributed by atoms with van der Waals surface area (Å²) in [4.78, 5) is 30.4. The first kappa shape index (κ1) is 17.7. The first-order valence-corrected chi connectivity index (χ1v) is 8.59. The molecule has 26 heavy (non-hydrogen) atoms. The van der Waals surface area contributed by atoms with Gasteiger partial charge in [-0.15, -0.1) is 0 Å². The Morgan fingerprint density at radius 1 is 1.27 bits per heavy atom. The largest absolute Gasteiger partial charge is 0.491 e. The van der Waals surface area contributed by atoms with E-state index in [2.05, 4.69) is 15.6 Å². The second kappa shape index (κ2) is 7.86. The van der Waals surface area contributed by atoms with E-state index in [0.717, 1.165) is 17.0 Å². The van der Waals surface area contributed by atoms with E-state index in [4.69, 9.17) is 4.74 Å². The molecule has 0 spiro atoms. The molecular weight excluding hydrogens is 332 g/mol. The minimum Gasteiger partial charge on any atom is -0.491 e. The van der Waals surface area contributed by atoms with E-state index in [0.29, 0.717) is 37.5 Å². The number of ether oxygens (including phenoxy) is 1. The molecular formula is C19H22N4O3. The van der Waals surface area contributed by atoms with Gasteiger partial charge in [-0.3, -0.25) is 9.78 Å². The number of benzene rings is 1. The second-order valence-corrected chi connectivity index (χ2v) is 6.07. The molecule has 0 unspecified atom stereocenters. The van der Waals surface area contributed by atoms with Gasteiger partial charge in [0.25, 0.3) is 5.91 Å². The average Bonchev–Trinajstić information content (AvgIpc) is 2.84. The molecule has 7 nitrogen and oxygen atoms in total. The fourth-order valence-corrected chi connectivity index (χ4v) is 2.76. The number of carbonyl (C=O) groups excluding carboxylic acids is 2. The zero-order chi connectivity index (χ0) is 18.5. The molecule has 2 N–H and O–H groups in total. The van der Waals surface area contributed by atoms with E-state index in [1.54, 1.807) is 23.2 Å². The Bertz CT molecular complexity index is 805. The molecule has 1 aromatic heterocycles. The van der Waals surface area contributed by atoms with Gasteiger partial charge in [0.1, 0.15) is 12.4 Å². The smallest absolute Gasteiger partial charge is 0.319 e. The van der Waals surface area contributed by atoms with Gasteiger partial charge in [-0.1, -0.05) is 0 Å². The van der Waals surface area contributed by atoms with Gasteiger partial charge in [-0.2, -0.15) is 0 Å². The Kier molecular flexibility index (Phi) is 5.36. The van der Waals surface area contributed by atoms with Crippen LogP contribution in [0.15, 0.2) is 36.5 Å². The fourth-order valence-electron chi connectivity index (χ4n) is 2.76. The van der Waals surface area contributed by atoms with Crippen LogP contribution in [0.5, 0.6) is 5.75 Å². The van der Waals surface area contributed by atoms with Gasteiger partial charge in [0.2, 0.25) is 0 Å². The number of anilines is 1. The molecule has 0 radical (unpaired) electrons. The molecule has 3 rings (SSSR count). The highest BCUT2D eigenvalue weighted by Gasteiger charge is 2.21. The molecule has 1 aliphatic rings. The maximum atomic E-state index is 12.8. The van der Waals surface area contributed by atoms with Crippen LogP contribution in [0.4, 0.5) is 10.5 Å². The van der Waals surface area contributed by atoms with Crippen molar-refractivity contribution in [2.45, 2.75) is 20.4 Å². The van der Waals surface area contributed by atoms with Crippen LogP contribution >= 0.6 is 0 Å². The van der Waals surface area contributed by atoms with Crippen LogP contribution in [0.3, 0.4) is 0 Å². The number of hydrogen-bond acceptors (Lipinski definition) is 4. The third-order valence-corrected chi connectivity index (χ3v) is 4.08.